The number of thiophene rings is 1. The second-order valence-corrected chi connectivity index (χ2v) is 5.14. The van der Waals surface area contributed by atoms with Crippen molar-refractivity contribution in [3.05, 3.63) is 17.5 Å². The molecule has 0 spiro atoms. The Morgan fingerprint density at radius 3 is 2.93 bits per heavy atom. The fraction of sp³-hybridized carbons (Fsp3) is 0.333. The quantitative estimate of drug-likeness (QED) is 0.613. The smallest absolute Gasteiger partial charge is 0.318 e. The zero-order valence-electron chi connectivity index (χ0n) is 8.06. The van der Waals surface area contributed by atoms with Crippen molar-refractivity contribution in [2.24, 2.45) is 5.73 Å². The molecule has 0 saturated heterocycles. The van der Waals surface area contributed by atoms with Crippen molar-refractivity contribution in [1.29, 1.82) is 0 Å². The van der Waals surface area contributed by atoms with Crippen LogP contribution in [0.2, 0.25) is 0 Å². The van der Waals surface area contributed by atoms with Crippen LogP contribution in [0.4, 0.5) is 4.79 Å². The fourth-order valence-corrected chi connectivity index (χ4v) is 2.75. The minimum atomic E-state index is -0.786. The van der Waals surface area contributed by atoms with E-state index in [-0.39, 0.29) is 5.91 Å². The van der Waals surface area contributed by atoms with Gasteiger partial charge >= 0.3 is 6.03 Å². The standard InChI is InChI=1S/C9H12N2O2S2/c10-9(13)11-7(12)3-1-5-14-8-4-2-6-15-8/h2,4,6H,1,3,5H2,(H3,10,11,12,13). The molecule has 0 aliphatic rings. The Hall–Kier alpha value is -1.01. The lowest BCUT2D eigenvalue weighted by Crippen LogP contribution is -2.34. The van der Waals surface area contributed by atoms with Crippen molar-refractivity contribution in [3.63, 3.8) is 0 Å². The van der Waals surface area contributed by atoms with Crippen LogP contribution in [0.5, 0.6) is 0 Å². The molecule has 1 aromatic heterocycles. The minimum absolute atomic E-state index is 0.311. The molecule has 0 fully saturated rings. The molecule has 0 saturated carbocycles. The Morgan fingerprint density at radius 2 is 2.33 bits per heavy atom. The van der Waals surface area contributed by atoms with E-state index in [1.54, 1.807) is 23.1 Å². The van der Waals surface area contributed by atoms with Crippen LogP contribution in [-0.2, 0) is 4.79 Å². The number of hydrogen-bond acceptors (Lipinski definition) is 4. The van der Waals surface area contributed by atoms with E-state index in [4.69, 9.17) is 5.73 Å². The third-order valence-electron chi connectivity index (χ3n) is 1.55. The molecule has 0 unspecified atom stereocenters. The molecule has 3 N–H and O–H groups in total. The van der Waals surface area contributed by atoms with Crippen molar-refractivity contribution in [2.45, 2.75) is 17.1 Å². The van der Waals surface area contributed by atoms with Gasteiger partial charge in [-0.15, -0.1) is 23.1 Å². The summed E-state index contributed by atoms with van der Waals surface area (Å²) in [6.07, 6.45) is 1.07. The lowest BCUT2D eigenvalue weighted by atomic mass is 10.3. The van der Waals surface area contributed by atoms with E-state index in [1.807, 2.05) is 22.8 Å². The molecular formula is C9H12N2O2S2. The SMILES string of the molecule is NC(=O)NC(=O)CCCSc1cccs1. The molecule has 4 nitrogen and oxygen atoms in total. The minimum Gasteiger partial charge on any atom is -0.351 e. The topological polar surface area (TPSA) is 72.2 Å². The van der Waals surface area contributed by atoms with Crippen LogP contribution in [0.1, 0.15) is 12.8 Å². The lowest BCUT2D eigenvalue weighted by molar-refractivity contribution is -0.119. The van der Waals surface area contributed by atoms with E-state index >= 15 is 0 Å². The largest absolute Gasteiger partial charge is 0.351 e. The number of primary amides is 1. The average Bonchev–Trinajstić information content (AvgIpc) is 2.63. The number of carbonyl (C=O) groups is 2. The number of hydrogen-bond donors (Lipinski definition) is 2. The number of nitrogens with two attached hydrogens (primary N) is 1. The zero-order chi connectivity index (χ0) is 11.1. The molecule has 82 valence electrons. The number of amides is 3. The predicted molar refractivity (Wildman–Crippen MR) is 62.0 cm³/mol. The molecule has 1 aromatic rings. The second kappa shape index (κ2) is 6.47. The molecule has 0 bridgehead atoms. The molecule has 0 radical (unpaired) electrons. The van der Waals surface area contributed by atoms with Gasteiger partial charge in [-0.3, -0.25) is 10.1 Å². The summed E-state index contributed by atoms with van der Waals surface area (Å²) in [5.74, 6) is 0.557. The normalized spacial score (nSPS) is 9.87. The molecule has 15 heavy (non-hydrogen) atoms. The van der Waals surface area contributed by atoms with Crippen molar-refractivity contribution in [1.82, 2.24) is 5.32 Å². The Bertz CT molecular complexity index is 325. The molecular weight excluding hydrogens is 232 g/mol. The molecule has 3 amide bonds. The van der Waals surface area contributed by atoms with Gasteiger partial charge in [0.05, 0.1) is 4.21 Å². The van der Waals surface area contributed by atoms with Crippen LogP contribution in [0.3, 0.4) is 0 Å². The van der Waals surface area contributed by atoms with Crippen LogP contribution in [0.25, 0.3) is 0 Å². The van der Waals surface area contributed by atoms with Crippen molar-refractivity contribution in [3.8, 4) is 0 Å². The summed E-state index contributed by atoms with van der Waals surface area (Å²) < 4.78 is 1.24. The first kappa shape index (κ1) is 12.1. The predicted octanol–water partition coefficient (Wildman–Crippen LogP) is 1.82. The Balaban J connectivity index is 2.06. The van der Waals surface area contributed by atoms with Gasteiger partial charge in [-0.25, -0.2) is 4.79 Å². The number of nitrogens with one attached hydrogen (secondary N) is 1. The highest BCUT2D eigenvalue weighted by Gasteiger charge is 2.03. The van der Waals surface area contributed by atoms with Crippen molar-refractivity contribution >= 4 is 35.0 Å². The number of rotatable bonds is 5. The van der Waals surface area contributed by atoms with Crippen LogP contribution in [0.15, 0.2) is 21.7 Å². The van der Waals surface area contributed by atoms with E-state index in [0.29, 0.717) is 6.42 Å². The third-order valence-corrected chi connectivity index (χ3v) is 3.77. The maximum absolute atomic E-state index is 11.0. The van der Waals surface area contributed by atoms with Crippen LogP contribution >= 0.6 is 23.1 Å². The van der Waals surface area contributed by atoms with E-state index in [0.717, 1.165) is 12.2 Å². The first-order valence-corrected chi connectivity index (χ1v) is 6.30. The number of thioether (sulfide) groups is 1. The summed E-state index contributed by atoms with van der Waals surface area (Å²) in [4.78, 5) is 21.3. The first-order chi connectivity index (χ1) is 7.18. The molecule has 0 aromatic carbocycles. The average molecular weight is 244 g/mol. The van der Waals surface area contributed by atoms with E-state index < -0.39 is 6.03 Å². The summed E-state index contributed by atoms with van der Waals surface area (Å²) in [7, 11) is 0. The van der Waals surface area contributed by atoms with E-state index in [1.165, 1.54) is 4.21 Å². The lowest BCUT2D eigenvalue weighted by Gasteiger charge is -2.00. The molecule has 1 rings (SSSR count). The summed E-state index contributed by atoms with van der Waals surface area (Å²) in [6, 6.07) is 3.25. The third kappa shape index (κ3) is 5.44. The van der Waals surface area contributed by atoms with Gasteiger partial charge in [0.1, 0.15) is 0 Å². The summed E-state index contributed by atoms with van der Waals surface area (Å²) in [5, 5.41) is 4.05. The van der Waals surface area contributed by atoms with E-state index in [2.05, 4.69) is 0 Å². The van der Waals surface area contributed by atoms with Crippen molar-refractivity contribution in [2.75, 3.05) is 5.75 Å². The summed E-state index contributed by atoms with van der Waals surface area (Å²) >= 11 is 3.39. The molecule has 0 aliphatic heterocycles. The molecule has 6 heteroatoms. The Morgan fingerprint density at radius 1 is 1.53 bits per heavy atom. The van der Waals surface area contributed by atoms with E-state index in [9.17, 15) is 9.59 Å². The van der Waals surface area contributed by atoms with Crippen LogP contribution in [0, 0.1) is 0 Å². The zero-order valence-corrected chi connectivity index (χ0v) is 9.70. The van der Waals surface area contributed by atoms with Gasteiger partial charge in [0.25, 0.3) is 0 Å². The monoisotopic (exact) mass is 244 g/mol. The highest BCUT2D eigenvalue weighted by Crippen LogP contribution is 2.23. The number of carbonyl (C=O) groups excluding carboxylic acids is 2. The summed E-state index contributed by atoms with van der Waals surface area (Å²) in [6.45, 7) is 0. The highest BCUT2D eigenvalue weighted by atomic mass is 32.2. The molecule has 1 heterocycles. The van der Waals surface area contributed by atoms with Crippen molar-refractivity contribution < 1.29 is 9.59 Å². The molecule has 0 aliphatic carbocycles. The van der Waals surface area contributed by atoms with Crippen LogP contribution < -0.4 is 11.1 Å². The Labute approximate surface area is 96.2 Å². The fourth-order valence-electron chi connectivity index (χ4n) is 0.951. The molecule has 0 atom stereocenters. The Kier molecular flexibility index (Phi) is 5.20. The van der Waals surface area contributed by atoms with Gasteiger partial charge in [-0.05, 0) is 23.6 Å². The van der Waals surface area contributed by atoms with Gasteiger partial charge in [0.2, 0.25) is 5.91 Å². The first-order valence-electron chi connectivity index (χ1n) is 4.44. The van der Waals surface area contributed by atoms with Gasteiger partial charge in [-0.2, -0.15) is 0 Å². The van der Waals surface area contributed by atoms with Gasteiger partial charge < -0.3 is 5.73 Å². The number of urea groups is 1. The summed E-state index contributed by atoms with van der Waals surface area (Å²) in [5.41, 5.74) is 4.80. The van der Waals surface area contributed by atoms with Gasteiger partial charge in [0, 0.05) is 6.42 Å². The van der Waals surface area contributed by atoms with Crippen LogP contribution in [-0.4, -0.2) is 17.7 Å². The maximum atomic E-state index is 11.0. The highest BCUT2D eigenvalue weighted by molar-refractivity contribution is 8.01. The van der Waals surface area contributed by atoms with Gasteiger partial charge in [0.15, 0.2) is 0 Å². The number of imide groups is 1. The second-order valence-electron chi connectivity index (χ2n) is 2.80. The maximum Gasteiger partial charge on any atom is 0.318 e. The van der Waals surface area contributed by atoms with Gasteiger partial charge in [-0.1, -0.05) is 6.07 Å².